The molecule has 3 rings (SSSR count). The first-order valence-electron chi connectivity index (χ1n) is 9.32. The maximum atomic E-state index is 14.8. The van der Waals surface area contributed by atoms with Crippen LogP contribution in [-0.2, 0) is 32.7 Å². The van der Waals surface area contributed by atoms with Gasteiger partial charge in [0.2, 0.25) is 0 Å². The van der Waals surface area contributed by atoms with Crippen LogP contribution in [0.5, 0.6) is 5.75 Å². The summed E-state index contributed by atoms with van der Waals surface area (Å²) in [5.74, 6) is -2.09. The first-order valence-corrected chi connectivity index (χ1v) is 9.32. The smallest absolute Gasteiger partial charge is 0.355 e. The first-order chi connectivity index (χ1) is 14.9. The fourth-order valence-corrected chi connectivity index (χ4v) is 2.96. The van der Waals surface area contributed by atoms with Crippen LogP contribution in [0.2, 0.25) is 0 Å². The molecule has 0 spiro atoms. The molecule has 1 aliphatic rings. The van der Waals surface area contributed by atoms with Crippen LogP contribution < -0.4 is 9.64 Å². The summed E-state index contributed by atoms with van der Waals surface area (Å²) in [5.41, 5.74) is 1.93. The number of nitrogens with zero attached hydrogens (tertiary/aromatic N) is 3. The number of carbonyl (C=O) groups is 2. The van der Waals surface area contributed by atoms with Gasteiger partial charge < -0.3 is 19.1 Å². The number of rotatable bonds is 6. The van der Waals surface area contributed by atoms with Crippen LogP contribution in [0.4, 0.5) is 10.1 Å². The largest absolute Gasteiger partial charge is 0.486 e. The van der Waals surface area contributed by atoms with Crippen molar-refractivity contribution in [2.45, 2.75) is 13.5 Å². The Hall–Kier alpha value is -3.88. The third-order valence-corrected chi connectivity index (χ3v) is 4.80. The van der Waals surface area contributed by atoms with E-state index in [0.29, 0.717) is 5.69 Å². The molecule has 0 saturated carbocycles. The molecule has 0 atom stereocenters. The topological polar surface area (TPSA) is 82.9 Å². The summed E-state index contributed by atoms with van der Waals surface area (Å²) in [7, 11) is 4.21. The summed E-state index contributed by atoms with van der Waals surface area (Å²) in [6.07, 6.45) is 7.79. The van der Waals surface area contributed by atoms with Crippen molar-refractivity contribution >= 4 is 17.6 Å². The molecule has 1 aromatic carbocycles. The molecule has 8 nitrogen and oxygen atoms in total. The molecular weight excluding hydrogens is 405 g/mol. The Kier molecular flexibility index (Phi) is 6.54. The summed E-state index contributed by atoms with van der Waals surface area (Å²) < 4.78 is 31.7. The Labute approximate surface area is 178 Å². The highest BCUT2D eigenvalue weighted by Gasteiger charge is 2.28. The molecule has 0 N–H and O–H groups in total. The van der Waals surface area contributed by atoms with E-state index in [1.165, 1.54) is 43.5 Å². The van der Waals surface area contributed by atoms with Crippen molar-refractivity contribution in [2.75, 3.05) is 19.1 Å². The molecular formula is C22H22FN3O5. The zero-order valence-corrected chi connectivity index (χ0v) is 17.6. The van der Waals surface area contributed by atoms with Crippen molar-refractivity contribution in [3.05, 3.63) is 77.2 Å². The number of esters is 2. The van der Waals surface area contributed by atoms with E-state index in [1.54, 1.807) is 29.1 Å². The molecule has 0 saturated heterocycles. The van der Waals surface area contributed by atoms with Crippen LogP contribution in [0.3, 0.4) is 0 Å². The van der Waals surface area contributed by atoms with Gasteiger partial charge >= 0.3 is 11.9 Å². The second-order valence-corrected chi connectivity index (χ2v) is 6.60. The van der Waals surface area contributed by atoms with E-state index in [4.69, 9.17) is 14.2 Å². The zero-order valence-electron chi connectivity index (χ0n) is 17.6. The molecule has 0 aliphatic carbocycles. The van der Waals surface area contributed by atoms with E-state index < -0.39 is 17.8 Å². The summed E-state index contributed by atoms with van der Waals surface area (Å²) in [6, 6.07) is 4.23. The maximum absolute atomic E-state index is 14.8. The van der Waals surface area contributed by atoms with Crippen LogP contribution in [0.25, 0.3) is 0 Å². The van der Waals surface area contributed by atoms with Crippen LogP contribution >= 0.6 is 0 Å². The Morgan fingerprint density at radius 3 is 2.48 bits per heavy atom. The van der Waals surface area contributed by atoms with Crippen LogP contribution in [0, 0.1) is 12.7 Å². The van der Waals surface area contributed by atoms with Gasteiger partial charge in [-0.05, 0) is 31.2 Å². The molecule has 0 unspecified atom stereocenters. The van der Waals surface area contributed by atoms with Gasteiger partial charge in [-0.15, -0.1) is 0 Å². The number of anilines is 1. The first kappa shape index (κ1) is 21.8. The standard InChI is InChI=1S/C22H22FN3O5/c1-14-15(12-24-25(14)2)13-31-19-9-8-16(11-18(19)23)26-10-6-5-7-17(21(27)29-3)20(26)22(28)30-4/h5-12H,13H2,1-4H3. The molecule has 2 aromatic rings. The highest BCUT2D eigenvalue weighted by Crippen LogP contribution is 2.30. The Morgan fingerprint density at radius 1 is 1.13 bits per heavy atom. The third-order valence-electron chi connectivity index (χ3n) is 4.80. The van der Waals surface area contributed by atoms with Gasteiger partial charge in [-0.25, -0.2) is 14.0 Å². The van der Waals surface area contributed by atoms with Crippen LogP contribution in [0.15, 0.2) is 60.1 Å². The van der Waals surface area contributed by atoms with Gasteiger partial charge in [-0.1, -0.05) is 6.08 Å². The van der Waals surface area contributed by atoms with Crippen molar-refractivity contribution in [1.29, 1.82) is 0 Å². The summed E-state index contributed by atoms with van der Waals surface area (Å²) in [5, 5.41) is 4.13. The number of allylic oxidation sites excluding steroid dienone is 2. The van der Waals surface area contributed by atoms with Gasteiger partial charge in [0.05, 0.1) is 26.0 Å². The van der Waals surface area contributed by atoms with E-state index in [1.807, 2.05) is 14.0 Å². The molecule has 1 aromatic heterocycles. The maximum Gasteiger partial charge on any atom is 0.355 e. The molecule has 0 amide bonds. The number of methoxy groups -OCH3 is 2. The number of ether oxygens (including phenoxy) is 3. The van der Waals surface area contributed by atoms with Crippen LogP contribution in [-0.4, -0.2) is 35.9 Å². The minimum Gasteiger partial charge on any atom is -0.486 e. The lowest BCUT2D eigenvalue weighted by Gasteiger charge is -2.23. The fourth-order valence-electron chi connectivity index (χ4n) is 2.96. The lowest BCUT2D eigenvalue weighted by atomic mass is 10.1. The molecule has 1 aliphatic heterocycles. The lowest BCUT2D eigenvalue weighted by molar-refractivity contribution is -0.139. The highest BCUT2D eigenvalue weighted by molar-refractivity contribution is 6.05. The van der Waals surface area contributed by atoms with E-state index >= 15 is 0 Å². The molecule has 0 bridgehead atoms. The minimum atomic E-state index is -0.774. The average molecular weight is 427 g/mol. The van der Waals surface area contributed by atoms with Gasteiger partial charge in [0.25, 0.3) is 0 Å². The number of hydrogen-bond acceptors (Lipinski definition) is 7. The van der Waals surface area contributed by atoms with Gasteiger partial charge in [0, 0.05) is 36.3 Å². The van der Waals surface area contributed by atoms with Crippen molar-refractivity contribution in [3.8, 4) is 5.75 Å². The Bertz CT molecular complexity index is 1100. The van der Waals surface area contributed by atoms with E-state index in [-0.39, 0.29) is 23.6 Å². The fraction of sp³-hybridized carbons (Fsp3) is 0.227. The quantitative estimate of drug-likeness (QED) is 0.656. The monoisotopic (exact) mass is 427 g/mol. The zero-order chi connectivity index (χ0) is 22.5. The number of aromatic nitrogens is 2. The summed E-state index contributed by atoms with van der Waals surface area (Å²) >= 11 is 0. The van der Waals surface area contributed by atoms with Crippen LogP contribution in [0.1, 0.15) is 11.3 Å². The Balaban J connectivity index is 1.93. The molecule has 0 fully saturated rings. The number of benzene rings is 1. The predicted molar refractivity (Wildman–Crippen MR) is 110 cm³/mol. The van der Waals surface area contributed by atoms with Gasteiger partial charge in [0.15, 0.2) is 11.6 Å². The Morgan fingerprint density at radius 2 is 1.87 bits per heavy atom. The molecule has 31 heavy (non-hydrogen) atoms. The lowest BCUT2D eigenvalue weighted by Crippen LogP contribution is -2.27. The number of aryl methyl sites for hydroxylation is 1. The summed E-state index contributed by atoms with van der Waals surface area (Å²) in [4.78, 5) is 26.0. The number of halogens is 1. The molecule has 0 radical (unpaired) electrons. The summed E-state index contributed by atoms with van der Waals surface area (Å²) in [6.45, 7) is 2.05. The SMILES string of the molecule is COC(=O)C1=C(C(=O)OC)N(c2ccc(OCc3cnn(C)c3C)c(F)c2)C=CC=C1. The third kappa shape index (κ3) is 4.50. The average Bonchev–Trinajstić information content (AvgIpc) is 2.96. The van der Waals surface area contributed by atoms with E-state index in [9.17, 15) is 14.0 Å². The highest BCUT2D eigenvalue weighted by atomic mass is 19.1. The van der Waals surface area contributed by atoms with Crippen molar-refractivity contribution in [2.24, 2.45) is 7.05 Å². The van der Waals surface area contributed by atoms with Gasteiger partial charge in [0.1, 0.15) is 12.3 Å². The van der Waals surface area contributed by atoms with E-state index in [2.05, 4.69) is 5.10 Å². The number of hydrogen-bond donors (Lipinski definition) is 0. The van der Waals surface area contributed by atoms with Gasteiger partial charge in [-0.3, -0.25) is 4.68 Å². The molecule has 9 heteroatoms. The second kappa shape index (κ2) is 9.29. The molecule has 2 heterocycles. The second-order valence-electron chi connectivity index (χ2n) is 6.60. The predicted octanol–water partition coefficient (Wildman–Crippen LogP) is 2.94. The minimum absolute atomic E-state index is 0.0212. The molecule has 162 valence electrons. The van der Waals surface area contributed by atoms with E-state index in [0.717, 1.165) is 11.3 Å². The number of carbonyl (C=O) groups excluding carboxylic acids is 2. The normalized spacial score (nSPS) is 13.3. The van der Waals surface area contributed by atoms with Gasteiger partial charge in [-0.2, -0.15) is 5.10 Å². The van der Waals surface area contributed by atoms with Crippen molar-refractivity contribution in [3.63, 3.8) is 0 Å². The van der Waals surface area contributed by atoms with Crippen molar-refractivity contribution < 1.29 is 28.2 Å². The van der Waals surface area contributed by atoms with Crippen molar-refractivity contribution in [1.82, 2.24) is 9.78 Å².